The molecule has 29 heavy (non-hydrogen) atoms. The molecule has 0 radical (unpaired) electrons. The maximum absolute atomic E-state index is 13.2. The van der Waals surface area contributed by atoms with Crippen LogP contribution < -0.4 is 4.74 Å². The molecule has 5 nitrogen and oxygen atoms in total. The summed E-state index contributed by atoms with van der Waals surface area (Å²) >= 11 is 0. The number of hydrogen-bond donors (Lipinski definition) is 0. The first-order valence-corrected chi connectivity index (χ1v) is 10.6. The van der Waals surface area contributed by atoms with E-state index in [-0.39, 0.29) is 11.9 Å². The van der Waals surface area contributed by atoms with E-state index in [9.17, 15) is 4.79 Å². The molecule has 0 aliphatic carbocycles. The van der Waals surface area contributed by atoms with Crippen molar-refractivity contribution in [2.75, 3.05) is 26.7 Å². The maximum atomic E-state index is 13.2. The molecule has 4 rings (SSSR count). The Morgan fingerprint density at radius 1 is 1.07 bits per heavy atom. The molecule has 152 valence electrons. The molecule has 2 aromatic rings. The van der Waals surface area contributed by atoms with E-state index in [0.29, 0.717) is 12.8 Å². The summed E-state index contributed by atoms with van der Waals surface area (Å²) in [6.07, 6.45) is 5.00. The van der Waals surface area contributed by atoms with Crippen LogP contribution in [0.4, 0.5) is 0 Å². The van der Waals surface area contributed by atoms with E-state index in [4.69, 9.17) is 9.84 Å². The molecule has 0 spiro atoms. The largest absolute Gasteiger partial charge is 0.497 e. The molecule has 1 atom stereocenters. The second kappa shape index (κ2) is 9.23. The van der Waals surface area contributed by atoms with E-state index in [1.165, 1.54) is 19.3 Å². The average Bonchev–Trinajstić information content (AvgIpc) is 3.24. The van der Waals surface area contributed by atoms with Crippen molar-refractivity contribution in [3.8, 4) is 5.75 Å². The van der Waals surface area contributed by atoms with Gasteiger partial charge in [-0.3, -0.25) is 4.79 Å². The van der Waals surface area contributed by atoms with Crippen molar-refractivity contribution in [3.05, 3.63) is 65.7 Å². The Kier molecular flexibility index (Phi) is 6.25. The molecular formula is C24H29N3O2. The topological polar surface area (TPSA) is 45.1 Å². The van der Waals surface area contributed by atoms with E-state index < -0.39 is 0 Å². The van der Waals surface area contributed by atoms with Gasteiger partial charge in [0.25, 0.3) is 0 Å². The molecule has 0 aromatic heterocycles. The quantitative estimate of drug-likeness (QED) is 0.740. The van der Waals surface area contributed by atoms with Crippen LogP contribution in [0.2, 0.25) is 0 Å². The summed E-state index contributed by atoms with van der Waals surface area (Å²) in [5.74, 6) is 0.894. The van der Waals surface area contributed by atoms with Gasteiger partial charge >= 0.3 is 0 Å². The lowest BCUT2D eigenvalue weighted by atomic mass is 9.98. The van der Waals surface area contributed by atoms with Crippen LogP contribution in [0.15, 0.2) is 59.7 Å². The number of hydrazone groups is 1. The lowest BCUT2D eigenvalue weighted by Gasteiger charge is -2.27. The van der Waals surface area contributed by atoms with Crippen molar-refractivity contribution in [1.29, 1.82) is 0 Å². The van der Waals surface area contributed by atoms with Gasteiger partial charge in [0.2, 0.25) is 5.91 Å². The summed E-state index contributed by atoms with van der Waals surface area (Å²) < 4.78 is 5.40. The number of benzene rings is 2. The molecule has 2 aromatic carbocycles. The van der Waals surface area contributed by atoms with Crippen LogP contribution in [0.1, 0.15) is 49.3 Å². The van der Waals surface area contributed by atoms with Gasteiger partial charge in [0.05, 0.1) is 18.9 Å². The van der Waals surface area contributed by atoms with Gasteiger partial charge in [-0.25, -0.2) is 5.01 Å². The zero-order valence-corrected chi connectivity index (χ0v) is 17.1. The van der Waals surface area contributed by atoms with Crippen molar-refractivity contribution in [3.63, 3.8) is 0 Å². The molecular weight excluding hydrogens is 362 g/mol. The van der Waals surface area contributed by atoms with Gasteiger partial charge in [0.1, 0.15) is 5.75 Å². The first-order chi connectivity index (χ1) is 14.2. The predicted octanol–water partition coefficient (Wildman–Crippen LogP) is 4.25. The second-order valence-electron chi connectivity index (χ2n) is 7.80. The Morgan fingerprint density at radius 2 is 1.86 bits per heavy atom. The van der Waals surface area contributed by atoms with Crippen LogP contribution in [0.5, 0.6) is 5.75 Å². The normalized spacial score (nSPS) is 19.8. The SMILES string of the molecule is COc1cccc([C@H]2CC(c3ccccc3)=NN2C(=O)CCN2CCCCC2)c1. The highest BCUT2D eigenvalue weighted by molar-refractivity contribution is 6.03. The summed E-state index contributed by atoms with van der Waals surface area (Å²) in [5, 5.41) is 6.49. The van der Waals surface area contributed by atoms with Crippen LogP contribution in [0, 0.1) is 0 Å². The molecule has 2 aliphatic rings. The number of nitrogens with zero attached hydrogens (tertiary/aromatic N) is 3. The molecule has 0 saturated carbocycles. The number of carbonyl (C=O) groups is 1. The third-order valence-electron chi connectivity index (χ3n) is 5.84. The molecule has 1 saturated heterocycles. The Balaban J connectivity index is 1.54. The Hall–Kier alpha value is -2.66. The van der Waals surface area contributed by atoms with Gasteiger partial charge in [-0.2, -0.15) is 5.10 Å². The fourth-order valence-electron chi connectivity index (χ4n) is 4.21. The number of hydrogen-bond acceptors (Lipinski definition) is 4. The highest BCUT2D eigenvalue weighted by Crippen LogP contribution is 2.34. The highest BCUT2D eigenvalue weighted by atomic mass is 16.5. The van der Waals surface area contributed by atoms with Crippen LogP contribution in [-0.2, 0) is 4.79 Å². The predicted molar refractivity (Wildman–Crippen MR) is 115 cm³/mol. The van der Waals surface area contributed by atoms with Crippen molar-refractivity contribution in [2.24, 2.45) is 5.10 Å². The standard InChI is InChI=1S/C24H29N3O2/c1-29-21-12-8-11-20(17-21)23-18-22(19-9-4-2-5-10-19)25-27(23)24(28)13-16-26-14-6-3-7-15-26/h2,4-5,8-12,17,23H,3,6-7,13-16,18H2,1H3/t23-/m1/s1. The van der Waals surface area contributed by atoms with Crippen LogP contribution in [0.3, 0.4) is 0 Å². The zero-order valence-electron chi connectivity index (χ0n) is 17.1. The average molecular weight is 392 g/mol. The van der Waals surface area contributed by atoms with E-state index in [1.54, 1.807) is 12.1 Å². The van der Waals surface area contributed by atoms with Crippen LogP contribution in [0.25, 0.3) is 0 Å². The summed E-state index contributed by atoms with van der Waals surface area (Å²) in [7, 11) is 1.67. The van der Waals surface area contributed by atoms with E-state index in [0.717, 1.165) is 42.2 Å². The van der Waals surface area contributed by atoms with Gasteiger partial charge in [-0.05, 0) is 49.2 Å². The number of methoxy groups -OCH3 is 1. The van der Waals surface area contributed by atoms with Crippen molar-refractivity contribution < 1.29 is 9.53 Å². The first-order valence-electron chi connectivity index (χ1n) is 10.6. The van der Waals surface area contributed by atoms with Gasteiger partial charge < -0.3 is 9.64 Å². The number of carbonyl (C=O) groups excluding carboxylic acids is 1. The van der Waals surface area contributed by atoms with Crippen molar-refractivity contribution >= 4 is 11.6 Å². The Labute approximate surface area is 173 Å². The third-order valence-corrected chi connectivity index (χ3v) is 5.84. The minimum Gasteiger partial charge on any atom is -0.497 e. The molecule has 2 aliphatic heterocycles. The van der Waals surface area contributed by atoms with Crippen molar-refractivity contribution in [1.82, 2.24) is 9.91 Å². The second-order valence-corrected chi connectivity index (χ2v) is 7.80. The smallest absolute Gasteiger partial charge is 0.244 e. The maximum Gasteiger partial charge on any atom is 0.244 e. The number of likely N-dealkylation sites (tertiary alicyclic amines) is 1. The molecule has 0 unspecified atom stereocenters. The molecule has 1 fully saturated rings. The fraction of sp³-hybridized carbons (Fsp3) is 0.417. The monoisotopic (exact) mass is 391 g/mol. The zero-order chi connectivity index (χ0) is 20.1. The Morgan fingerprint density at radius 3 is 2.62 bits per heavy atom. The number of rotatable bonds is 6. The van der Waals surface area contributed by atoms with Crippen LogP contribution >= 0.6 is 0 Å². The molecule has 5 heteroatoms. The Bertz CT molecular complexity index is 859. The van der Waals surface area contributed by atoms with Gasteiger partial charge in [-0.1, -0.05) is 48.9 Å². The minimum absolute atomic E-state index is 0.0887. The van der Waals surface area contributed by atoms with E-state index in [2.05, 4.69) is 23.1 Å². The summed E-state index contributed by atoms with van der Waals surface area (Å²) in [6, 6.07) is 18.0. The van der Waals surface area contributed by atoms with E-state index in [1.807, 2.05) is 36.4 Å². The number of amides is 1. The fourth-order valence-corrected chi connectivity index (χ4v) is 4.21. The van der Waals surface area contributed by atoms with Gasteiger partial charge in [-0.15, -0.1) is 0 Å². The van der Waals surface area contributed by atoms with Crippen LogP contribution in [-0.4, -0.2) is 48.3 Å². The molecule has 2 heterocycles. The molecule has 0 bridgehead atoms. The first kappa shape index (κ1) is 19.6. The minimum atomic E-state index is -0.0887. The third kappa shape index (κ3) is 4.67. The summed E-state index contributed by atoms with van der Waals surface area (Å²) in [4.78, 5) is 15.6. The summed E-state index contributed by atoms with van der Waals surface area (Å²) in [5.41, 5.74) is 3.10. The lowest BCUT2D eigenvalue weighted by molar-refractivity contribution is -0.133. The lowest BCUT2D eigenvalue weighted by Crippen LogP contribution is -2.35. The van der Waals surface area contributed by atoms with Gasteiger partial charge in [0.15, 0.2) is 0 Å². The highest BCUT2D eigenvalue weighted by Gasteiger charge is 2.33. The number of ether oxygens (including phenoxy) is 1. The molecule has 0 N–H and O–H groups in total. The van der Waals surface area contributed by atoms with E-state index >= 15 is 0 Å². The summed E-state index contributed by atoms with van der Waals surface area (Å²) in [6.45, 7) is 3.02. The van der Waals surface area contributed by atoms with Crippen molar-refractivity contribution in [2.45, 2.75) is 38.1 Å². The van der Waals surface area contributed by atoms with Gasteiger partial charge in [0, 0.05) is 19.4 Å². The number of piperidine rings is 1. The molecule has 1 amide bonds.